The molecule has 1 N–H and O–H groups in total. The summed E-state index contributed by atoms with van der Waals surface area (Å²) >= 11 is 1.31. The van der Waals surface area contributed by atoms with Crippen LogP contribution in [0.4, 0.5) is 5.13 Å². The smallest absolute Gasteiger partial charge is 0.307 e. The molecule has 1 aromatic heterocycles. The first-order valence-corrected chi connectivity index (χ1v) is 11.7. The summed E-state index contributed by atoms with van der Waals surface area (Å²) in [6, 6.07) is 27.1. The van der Waals surface area contributed by atoms with Crippen LogP contribution in [-0.2, 0) is 14.3 Å². The van der Waals surface area contributed by atoms with Crippen molar-refractivity contribution < 1.29 is 19.1 Å². The maximum Gasteiger partial charge on any atom is 0.307 e. The summed E-state index contributed by atoms with van der Waals surface area (Å²) in [4.78, 5) is 29.3. The Balaban J connectivity index is 1.32. The number of ether oxygens (including phenoxy) is 2. The molecule has 172 valence electrons. The number of anilines is 1. The van der Waals surface area contributed by atoms with E-state index < -0.39 is 11.9 Å². The Labute approximate surface area is 202 Å². The van der Waals surface area contributed by atoms with Crippen molar-refractivity contribution in [2.45, 2.75) is 12.3 Å². The second-order valence-corrected chi connectivity index (χ2v) is 8.41. The van der Waals surface area contributed by atoms with E-state index in [0.717, 1.165) is 28.1 Å². The van der Waals surface area contributed by atoms with Crippen LogP contribution in [0, 0.1) is 0 Å². The number of esters is 1. The van der Waals surface area contributed by atoms with Crippen molar-refractivity contribution in [3.8, 4) is 17.0 Å². The van der Waals surface area contributed by atoms with E-state index in [1.807, 2.05) is 90.3 Å². The lowest BCUT2D eigenvalue weighted by molar-refractivity contribution is -0.147. The predicted molar refractivity (Wildman–Crippen MR) is 133 cm³/mol. The molecule has 4 aromatic rings. The zero-order valence-electron chi connectivity index (χ0n) is 18.6. The molecule has 0 aliphatic heterocycles. The number of carbonyl (C=O) groups is 2. The molecule has 0 saturated heterocycles. The molecule has 0 aliphatic rings. The molecule has 4 rings (SSSR count). The Bertz CT molecular complexity index is 1190. The largest absolute Gasteiger partial charge is 0.497 e. The lowest BCUT2D eigenvalue weighted by atomic mass is 9.89. The molecular weight excluding hydrogens is 448 g/mol. The van der Waals surface area contributed by atoms with Crippen LogP contribution in [0.15, 0.2) is 90.3 Å². The van der Waals surface area contributed by atoms with E-state index in [4.69, 9.17) is 9.47 Å². The topological polar surface area (TPSA) is 77.5 Å². The highest BCUT2D eigenvalue weighted by molar-refractivity contribution is 7.14. The standard InChI is InChI=1S/C27H24N2O4S/c1-32-22-14-12-21(13-15-22)24-18-34-27(28-24)29-25(30)17-33-26(31)16-23(19-8-4-2-5-9-19)20-10-6-3-7-11-20/h2-15,18,23H,16-17H2,1H3,(H,28,29,30). The zero-order valence-corrected chi connectivity index (χ0v) is 19.5. The van der Waals surface area contributed by atoms with Gasteiger partial charge in [-0.2, -0.15) is 0 Å². The first-order chi connectivity index (χ1) is 16.6. The summed E-state index contributed by atoms with van der Waals surface area (Å²) in [5.41, 5.74) is 3.69. The minimum Gasteiger partial charge on any atom is -0.497 e. The highest BCUT2D eigenvalue weighted by Crippen LogP contribution is 2.29. The van der Waals surface area contributed by atoms with E-state index in [2.05, 4.69) is 10.3 Å². The highest BCUT2D eigenvalue weighted by Gasteiger charge is 2.20. The van der Waals surface area contributed by atoms with Gasteiger partial charge < -0.3 is 9.47 Å². The van der Waals surface area contributed by atoms with Crippen LogP contribution in [-0.4, -0.2) is 30.6 Å². The monoisotopic (exact) mass is 472 g/mol. The molecule has 0 unspecified atom stereocenters. The number of amides is 1. The lowest BCUT2D eigenvalue weighted by Crippen LogP contribution is -2.22. The maximum absolute atomic E-state index is 12.6. The molecule has 0 spiro atoms. The van der Waals surface area contributed by atoms with Gasteiger partial charge in [-0.25, -0.2) is 4.98 Å². The van der Waals surface area contributed by atoms with Gasteiger partial charge in [0, 0.05) is 16.9 Å². The van der Waals surface area contributed by atoms with Crippen molar-refractivity contribution >= 4 is 28.3 Å². The van der Waals surface area contributed by atoms with E-state index in [1.54, 1.807) is 7.11 Å². The molecule has 0 aliphatic carbocycles. The van der Waals surface area contributed by atoms with Crippen molar-refractivity contribution in [2.24, 2.45) is 0 Å². The van der Waals surface area contributed by atoms with Gasteiger partial charge in [-0.05, 0) is 35.4 Å². The SMILES string of the molecule is COc1ccc(-c2csc(NC(=O)COC(=O)CC(c3ccccc3)c3ccccc3)n2)cc1. The third-order valence-corrected chi connectivity index (χ3v) is 6.03. The highest BCUT2D eigenvalue weighted by atomic mass is 32.1. The van der Waals surface area contributed by atoms with Crippen molar-refractivity contribution in [1.82, 2.24) is 4.98 Å². The van der Waals surface area contributed by atoms with E-state index in [-0.39, 0.29) is 18.9 Å². The minimum atomic E-state index is -0.439. The summed E-state index contributed by atoms with van der Waals surface area (Å²) in [5.74, 6) is -0.258. The number of aromatic nitrogens is 1. The Morgan fingerprint density at radius 2 is 1.53 bits per heavy atom. The molecule has 7 heteroatoms. The van der Waals surface area contributed by atoms with Gasteiger partial charge in [-0.1, -0.05) is 60.7 Å². The van der Waals surface area contributed by atoms with E-state index in [1.165, 1.54) is 11.3 Å². The number of methoxy groups -OCH3 is 1. The van der Waals surface area contributed by atoms with Crippen molar-refractivity contribution in [3.05, 3.63) is 101 Å². The number of hydrogen-bond acceptors (Lipinski definition) is 6. The summed E-state index contributed by atoms with van der Waals surface area (Å²) in [5, 5.41) is 4.99. The van der Waals surface area contributed by atoms with Gasteiger partial charge in [0.15, 0.2) is 11.7 Å². The number of nitrogens with one attached hydrogen (secondary N) is 1. The normalized spacial score (nSPS) is 10.6. The number of nitrogens with zero attached hydrogens (tertiary/aromatic N) is 1. The van der Waals surface area contributed by atoms with Crippen LogP contribution < -0.4 is 10.1 Å². The van der Waals surface area contributed by atoms with Crippen LogP contribution in [0.3, 0.4) is 0 Å². The fourth-order valence-electron chi connectivity index (χ4n) is 3.55. The molecular formula is C27H24N2O4S. The molecule has 6 nitrogen and oxygen atoms in total. The van der Waals surface area contributed by atoms with Gasteiger partial charge in [-0.15, -0.1) is 11.3 Å². The molecule has 1 heterocycles. The van der Waals surface area contributed by atoms with Gasteiger partial charge in [0.1, 0.15) is 5.75 Å². The molecule has 0 radical (unpaired) electrons. The van der Waals surface area contributed by atoms with E-state index in [0.29, 0.717) is 5.13 Å². The molecule has 0 bridgehead atoms. The van der Waals surface area contributed by atoms with E-state index >= 15 is 0 Å². The molecule has 0 fully saturated rings. The molecule has 0 atom stereocenters. The van der Waals surface area contributed by atoms with Crippen molar-refractivity contribution in [2.75, 3.05) is 19.0 Å². The van der Waals surface area contributed by atoms with Crippen LogP contribution in [0.1, 0.15) is 23.5 Å². The van der Waals surface area contributed by atoms with Crippen LogP contribution in [0.5, 0.6) is 5.75 Å². The fourth-order valence-corrected chi connectivity index (χ4v) is 4.29. The fraction of sp³-hybridized carbons (Fsp3) is 0.148. The third-order valence-electron chi connectivity index (χ3n) is 5.28. The van der Waals surface area contributed by atoms with Crippen molar-refractivity contribution in [3.63, 3.8) is 0 Å². The number of benzene rings is 3. The maximum atomic E-state index is 12.6. The molecule has 1 amide bonds. The second kappa shape index (κ2) is 11.2. The Hall–Kier alpha value is -3.97. The molecule has 3 aromatic carbocycles. The molecule has 34 heavy (non-hydrogen) atoms. The zero-order chi connectivity index (χ0) is 23.8. The van der Waals surface area contributed by atoms with Gasteiger partial charge in [0.25, 0.3) is 5.91 Å². The average Bonchev–Trinajstić information content (AvgIpc) is 3.35. The summed E-state index contributed by atoms with van der Waals surface area (Å²) in [7, 11) is 1.61. The second-order valence-electron chi connectivity index (χ2n) is 7.55. The quantitative estimate of drug-likeness (QED) is 0.325. The van der Waals surface area contributed by atoms with E-state index in [9.17, 15) is 9.59 Å². The average molecular weight is 473 g/mol. The summed E-state index contributed by atoms with van der Waals surface area (Å²) < 4.78 is 10.4. The predicted octanol–water partition coefficient (Wildman–Crippen LogP) is 5.52. The molecule has 0 saturated carbocycles. The van der Waals surface area contributed by atoms with Gasteiger partial charge >= 0.3 is 5.97 Å². The number of thiazole rings is 1. The van der Waals surface area contributed by atoms with Crippen LogP contribution in [0.2, 0.25) is 0 Å². The number of rotatable bonds is 9. The number of hydrogen-bond donors (Lipinski definition) is 1. The summed E-state index contributed by atoms with van der Waals surface area (Å²) in [6.07, 6.45) is 0.139. The van der Waals surface area contributed by atoms with Crippen LogP contribution in [0.25, 0.3) is 11.3 Å². The Morgan fingerprint density at radius 1 is 0.912 bits per heavy atom. The Kier molecular flexibility index (Phi) is 7.67. The van der Waals surface area contributed by atoms with Crippen molar-refractivity contribution in [1.29, 1.82) is 0 Å². The Morgan fingerprint density at radius 3 is 2.12 bits per heavy atom. The number of carbonyl (C=O) groups excluding carboxylic acids is 2. The van der Waals surface area contributed by atoms with Gasteiger partial charge in [0.2, 0.25) is 0 Å². The van der Waals surface area contributed by atoms with Gasteiger partial charge in [0.05, 0.1) is 19.2 Å². The lowest BCUT2D eigenvalue weighted by Gasteiger charge is -2.17. The minimum absolute atomic E-state index is 0.139. The third kappa shape index (κ3) is 6.08. The summed E-state index contributed by atoms with van der Waals surface area (Å²) in [6.45, 7) is -0.368. The first kappa shape index (κ1) is 23.2. The van der Waals surface area contributed by atoms with Crippen LogP contribution >= 0.6 is 11.3 Å². The van der Waals surface area contributed by atoms with Gasteiger partial charge in [-0.3, -0.25) is 14.9 Å². The first-order valence-electron chi connectivity index (χ1n) is 10.8.